The molecule has 0 aliphatic rings. The van der Waals surface area contributed by atoms with E-state index in [1.165, 1.54) is 86.9 Å². The van der Waals surface area contributed by atoms with Crippen LogP contribution < -0.4 is 0 Å². The molecule has 0 spiro atoms. The number of hydrogen-bond donors (Lipinski definition) is 0. The molecule has 0 saturated carbocycles. The molecule has 0 fully saturated rings. The minimum absolute atomic E-state index is 1.26. The van der Waals surface area contributed by atoms with Crippen LogP contribution in [0.5, 0.6) is 0 Å². The number of benzene rings is 9. The van der Waals surface area contributed by atoms with E-state index in [1.54, 1.807) is 0 Å². The SMILES string of the molecule is c1ccc2c(-c3ccc4cc(-c5ccc6c7ccccc7c7cccc8ccc5c6c87)ccc4c3)cccc2c1. The Balaban J connectivity index is 1.26. The minimum atomic E-state index is 1.26. The Hall–Kier alpha value is -5.20. The molecule has 0 amide bonds. The van der Waals surface area contributed by atoms with E-state index in [1.807, 2.05) is 0 Å². The van der Waals surface area contributed by atoms with Gasteiger partial charge in [-0.25, -0.2) is 0 Å². The third kappa shape index (κ3) is 3.02. The van der Waals surface area contributed by atoms with Gasteiger partial charge in [-0.15, -0.1) is 0 Å². The van der Waals surface area contributed by atoms with Crippen LogP contribution in [-0.2, 0) is 0 Å². The highest BCUT2D eigenvalue weighted by Crippen LogP contribution is 2.44. The average Bonchev–Trinajstić information content (AvgIpc) is 3.03. The van der Waals surface area contributed by atoms with Crippen LogP contribution in [0.1, 0.15) is 0 Å². The van der Waals surface area contributed by atoms with E-state index in [9.17, 15) is 0 Å². The Bertz CT molecular complexity index is 2420. The van der Waals surface area contributed by atoms with E-state index in [2.05, 4.69) is 146 Å². The second-order valence-corrected chi connectivity index (χ2v) is 10.9. The molecule has 9 rings (SSSR count). The summed E-state index contributed by atoms with van der Waals surface area (Å²) in [5.74, 6) is 0. The van der Waals surface area contributed by atoms with E-state index < -0.39 is 0 Å². The first kappa shape index (κ1) is 21.7. The highest BCUT2D eigenvalue weighted by Gasteiger charge is 2.16. The molecule has 0 N–H and O–H groups in total. The Morgan fingerprint density at radius 1 is 0.250 bits per heavy atom. The summed E-state index contributed by atoms with van der Waals surface area (Å²) in [6, 6.07) is 53.8. The topological polar surface area (TPSA) is 0 Å². The van der Waals surface area contributed by atoms with Gasteiger partial charge in [-0.1, -0.05) is 133 Å². The lowest BCUT2D eigenvalue weighted by molar-refractivity contribution is 1.67. The molecule has 184 valence electrons. The summed E-state index contributed by atoms with van der Waals surface area (Å²) in [7, 11) is 0. The van der Waals surface area contributed by atoms with Gasteiger partial charge in [0.25, 0.3) is 0 Å². The fourth-order valence-electron chi connectivity index (χ4n) is 6.93. The van der Waals surface area contributed by atoms with Crippen molar-refractivity contribution in [3.63, 3.8) is 0 Å². The van der Waals surface area contributed by atoms with Crippen LogP contribution >= 0.6 is 0 Å². The average molecular weight is 505 g/mol. The van der Waals surface area contributed by atoms with Gasteiger partial charge in [0.15, 0.2) is 0 Å². The molecule has 0 aliphatic heterocycles. The summed E-state index contributed by atoms with van der Waals surface area (Å²) in [5, 5.41) is 15.8. The Labute approximate surface area is 232 Å². The monoisotopic (exact) mass is 504 g/mol. The highest BCUT2D eigenvalue weighted by molar-refractivity contribution is 6.35. The summed E-state index contributed by atoms with van der Waals surface area (Å²) >= 11 is 0. The number of fused-ring (bicyclic) bond motifs is 5. The molecule has 9 aromatic carbocycles. The van der Waals surface area contributed by atoms with E-state index >= 15 is 0 Å². The van der Waals surface area contributed by atoms with Crippen LogP contribution in [0, 0.1) is 0 Å². The number of hydrogen-bond acceptors (Lipinski definition) is 0. The van der Waals surface area contributed by atoms with Crippen molar-refractivity contribution in [2.24, 2.45) is 0 Å². The zero-order valence-electron chi connectivity index (χ0n) is 21.9. The maximum atomic E-state index is 2.35. The first-order chi connectivity index (χ1) is 19.8. The van der Waals surface area contributed by atoms with Gasteiger partial charge in [0.05, 0.1) is 0 Å². The molecule has 0 aromatic heterocycles. The van der Waals surface area contributed by atoms with Crippen LogP contribution in [0.2, 0.25) is 0 Å². The second kappa shape index (κ2) is 8.15. The molecule has 0 aliphatic carbocycles. The summed E-state index contributed by atoms with van der Waals surface area (Å²) in [6.45, 7) is 0. The van der Waals surface area contributed by atoms with Gasteiger partial charge in [-0.2, -0.15) is 0 Å². The Kier molecular flexibility index (Phi) is 4.42. The summed E-state index contributed by atoms with van der Waals surface area (Å²) < 4.78 is 0. The van der Waals surface area contributed by atoms with E-state index in [4.69, 9.17) is 0 Å². The van der Waals surface area contributed by atoms with Crippen LogP contribution in [0.15, 0.2) is 146 Å². The molecule has 9 aromatic rings. The third-order valence-electron chi connectivity index (χ3n) is 8.78. The number of rotatable bonds is 2. The normalized spacial score (nSPS) is 12.0. The standard InChI is InChI=1S/C40H24/c1-2-10-31-25(7-1)8-5-13-32(31)29-17-15-28-24-30(18-16-27(28)23-29)33-21-22-38-35-12-4-3-11-34(35)36-14-6-9-26-19-20-37(33)40(38)39(26)36/h1-24H. The summed E-state index contributed by atoms with van der Waals surface area (Å²) in [6.07, 6.45) is 0. The van der Waals surface area contributed by atoms with Crippen molar-refractivity contribution in [2.75, 3.05) is 0 Å². The van der Waals surface area contributed by atoms with Crippen molar-refractivity contribution < 1.29 is 0 Å². The second-order valence-electron chi connectivity index (χ2n) is 10.9. The van der Waals surface area contributed by atoms with Crippen molar-refractivity contribution in [1.82, 2.24) is 0 Å². The van der Waals surface area contributed by atoms with Crippen molar-refractivity contribution in [3.8, 4) is 22.3 Å². The Morgan fingerprint density at radius 3 is 1.55 bits per heavy atom. The van der Waals surface area contributed by atoms with Gasteiger partial charge in [0.1, 0.15) is 0 Å². The lowest BCUT2D eigenvalue weighted by atomic mass is 9.86. The predicted octanol–water partition coefficient (Wildman–Crippen LogP) is 11.4. The molecule has 0 atom stereocenters. The fraction of sp³-hybridized carbons (Fsp3) is 0. The lowest BCUT2D eigenvalue weighted by Crippen LogP contribution is -1.89. The van der Waals surface area contributed by atoms with E-state index in [-0.39, 0.29) is 0 Å². The molecule has 0 nitrogen and oxygen atoms in total. The molecule has 0 saturated heterocycles. The van der Waals surface area contributed by atoms with Crippen LogP contribution in [0.4, 0.5) is 0 Å². The fourth-order valence-corrected chi connectivity index (χ4v) is 6.93. The molecule has 0 heterocycles. The van der Waals surface area contributed by atoms with Gasteiger partial charge < -0.3 is 0 Å². The molecular weight excluding hydrogens is 480 g/mol. The van der Waals surface area contributed by atoms with Gasteiger partial charge in [0, 0.05) is 0 Å². The van der Waals surface area contributed by atoms with Gasteiger partial charge in [-0.05, 0) is 99.0 Å². The molecule has 0 unspecified atom stereocenters. The zero-order valence-corrected chi connectivity index (χ0v) is 21.9. The van der Waals surface area contributed by atoms with Crippen molar-refractivity contribution in [2.45, 2.75) is 0 Å². The van der Waals surface area contributed by atoms with Crippen molar-refractivity contribution >= 4 is 64.6 Å². The van der Waals surface area contributed by atoms with Crippen LogP contribution in [-0.4, -0.2) is 0 Å². The lowest BCUT2D eigenvalue weighted by Gasteiger charge is -2.17. The largest absolute Gasteiger partial charge is 0.0616 e. The molecular formula is C40H24. The van der Waals surface area contributed by atoms with Crippen molar-refractivity contribution in [3.05, 3.63) is 146 Å². The quantitative estimate of drug-likeness (QED) is 0.162. The molecule has 0 heteroatoms. The summed E-state index contributed by atoms with van der Waals surface area (Å²) in [4.78, 5) is 0. The van der Waals surface area contributed by atoms with E-state index in [0.29, 0.717) is 0 Å². The molecule has 0 radical (unpaired) electrons. The first-order valence-electron chi connectivity index (χ1n) is 13.9. The minimum Gasteiger partial charge on any atom is -0.0616 e. The molecule has 0 bridgehead atoms. The van der Waals surface area contributed by atoms with Crippen LogP contribution in [0.3, 0.4) is 0 Å². The van der Waals surface area contributed by atoms with Gasteiger partial charge in [0.2, 0.25) is 0 Å². The van der Waals surface area contributed by atoms with Crippen molar-refractivity contribution in [1.29, 1.82) is 0 Å². The van der Waals surface area contributed by atoms with E-state index in [0.717, 1.165) is 0 Å². The zero-order chi connectivity index (χ0) is 26.2. The maximum absolute atomic E-state index is 2.35. The predicted molar refractivity (Wildman–Crippen MR) is 174 cm³/mol. The first-order valence-corrected chi connectivity index (χ1v) is 13.9. The van der Waals surface area contributed by atoms with Gasteiger partial charge >= 0.3 is 0 Å². The van der Waals surface area contributed by atoms with Crippen LogP contribution in [0.25, 0.3) is 86.9 Å². The summed E-state index contributed by atoms with van der Waals surface area (Å²) in [5.41, 5.74) is 5.08. The maximum Gasteiger partial charge on any atom is -0.00141 e. The highest BCUT2D eigenvalue weighted by atomic mass is 14.2. The Morgan fingerprint density at radius 2 is 0.775 bits per heavy atom. The molecule has 40 heavy (non-hydrogen) atoms. The van der Waals surface area contributed by atoms with Gasteiger partial charge in [-0.3, -0.25) is 0 Å². The smallest absolute Gasteiger partial charge is 0.00141 e. The third-order valence-corrected chi connectivity index (χ3v) is 8.78.